The smallest absolute Gasteiger partial charge is 0.236 e. The summed E-state index contributed by atoms with van der Waals surface area (Å²) in [6.45, 7) is 9.40. The zero-order chi connectivity index (χ0) is 13.5. The summed E-state index contributed by atoms with van der Waals surface area (Å²) in [5.74, 6) is 0.113. The third kappa shape index (κ3) is 4.28. The first kappa shape index (κ1) is 14.9. The highest BCUT2D eigenvalue weighted by atomic mass is 16.2. The Kier molecular flexibility index (Phi) is 6.10. The third-order valence-electron chi connectivity index (χ3n) is 3.60. The maximum atomic E-state index is 11.9. The van der Waals surface area contributed by atoms with E-state index in [1.54, 1.807) is 11.9 Å². The number of amides is 1. The first-order valence-electron chi connectivity index (χ1n) is 6.65. The van der Waals surface area contributed by atoms with E-state index in [9.17, 15) is 4.79 Å². The van der Waals surface area contributed by atoms with Crippen molar-refractivity contribution in [2.45, 2.75) is 26.3 Å². The summed E-state index contributed by atoms with van der Waals surface area (Å²) in [7, 11) is 1.77. The fraction of sp³-hybridized carbons (Fsp3) is 0.846. The molecule has 1 aliphatic rings. The first-order valence-corrected chi connectivity index (χ1v) is 6.65. The highest BCUT2D eigenvalue weighted by Gasteiger charge is 2.24. The van der Waals surface area contributed by atoms with Crippen molar-refractivity contribution in [2.75, 3.05) is 46.3 Å². The van der Waals surface area contributed by atoms with Gasteiger partial charge in [0.25, 0.3) is 0 Å². The van der Waals surface area contributed by atoms with Crippen molar-refractivity contribution < 1.29 is 4.79 Å². The molecule has 0 aromatic rings. The Labute approximate surface area is 110 Å². The fourth-order valence-corrected chi connectivity index (χ4v) is 2.34. The molecule has 0 aromatic carbocycles. The summed E-state index contributed by atoms with van der Waals surface area (Å²) in [6, 6.07) is 2.58. The number of piperazine rings is 1. The second-order valence-electron chi connectivity index (χ2n) is 4.94. The van der Waals surface area contributed by atoms with Crippen molar-refractivity contribution in [3.05, 3.63) is 0 Å². The third-order valence-corrected chi connectivity index (χ3v) is 3.60. The molecule has 1 amide bonds. The zero-order valence-electron chi connectivity index (χ0n) is 11.7. The molecule has 0 bridgehead atoms. The highest BCUT2D eigenvalue weighted by molar-refractivity contribution is 5.78. The average Bonchev–Trinajstić information content (AvgIpc) is 2.36. The standard InChI is InChI=1S/C13H24N4O/c1-4-17-9-8-16(10-12(17)2)11-13(18)15(3)7-5-6-14/h12H,4-5,7-11H2,1-3H3. The van der Waals surface area contributed by atoms with Gasteiger partial charge in [0.15, 0.2) is 0 Å². The molecule has 5 heteroatoms. The summed E-state index contributed by atoms with van der Waals surface area (Å²) < 4.78 is 0. The summed E-state index contributed by atoms with van der Waals surface area (Å²) in [4.78, 5) is 18.2. The van der Waals surface area contributed by atoms with Gasteiger partial charge in [0.1, 0.15) is 0 Å². The fourth-order valence-electron chi connectivity index (χ4n) is 2.34. The minimum absolute atomic E-state index is 0.113. The van der Waals surface area contributed by atoms with Gasteiger partial charge in [-0.15, -0.1) is 0 Å². The number of carbonyl (C=O) groups excluding carboxylic acids is 1. The van der Waals surface area contributed by atoms with Gasteiger partial charge in [-0.3, -0.25) is 14.6 Å². The van der Waals surface area contributed by atoms with Crippen LogP contribution in [0.25, 0.3) is 0 Å². The Bertz CT molecular complexity index is 313. The van der Waals surface area contributed by atoms with Crippen molar-refractivity contribution in [3.8, 4) is 6.07 Å². The molecule has 1 rings (SSSR count). The lowest BCUT2D eigenvalue weighted by atomic mass is 10.2. The Balaban J connectivity index is 2.35. The van der Waals surface area contributed by atoms with Crippen molar-refractivity contribution in [1.82, 2.24) is 14.7 Å². The van der Waals surface area contributed by atoms with Crippen molar-refractivity contribution in [3.63, 3.8) is 0 Å². The summed E-state index contributed by atoms with van der Waals surface area (Å²) in [5.41, 5.74) is 0. The average molecular weight is 252 g/mol. The normalized spacial score (nSPS) is 21.6. The largest absolute Gasteiger partial charge is 0.344 e. The summed E-state index contributed by atoms with van der Waals surface area (Å²) in [5, 5.41) is 8.51. The molecule has 1 saturated heterocycles. The molecule has 1 unspecified atom stereocenters. The van der Waals surface area contributed by atoms with Crippen LogP contribution in [-0.4, -0.2) is 73.0 Å². The van der Waals surface area contributed by atoms with Crippen molar-refractivity contribution in [1.29, 1.82) is 5.26 Å². The maximum absolute atomic E-state index is 11.9. The topological polar surface area (TPSA) is 50.6 Å². The van der Waals surface area contributed by atoms with Crippen LogP contribution in [0.1, 0.15) is 20.3 Å². The van der Waals surface area contributed by atoms with Gasteiger partial charge in [0.05, 0.1) is 19.0 Å². The summed E-state index contributed by atoms with van der Waals surface area (Å²) in [6.07, 6.45) is 0.405. The van der Waals surface area contributed by atoms with Crippen LogP contribution < -0.4 is 0 Å². The maximum Gasteiger partial charge on any atom is 0.236 e. The zero-order valence-corrected chi connectivity index (χ0v) is 11.7. The Morgan fingerprint density at radius 1 is 1.50 bits per heavy atom. The number of hydrogen-bond acceptors (Lipinski definition) is 4. The van der Waals surface area contributed by atoms with Crippen molar-refractivity contribution >= 4 is 5.91 Å². The van der Waals surface area contributed by atoms with Gasteiger partial charge >= 0.3 is 0 Å². The van der Waals surface area contributed by atoms with Gasteiger partial charge in [0.2, 0.25) is 5.91 Å². The second kappa shape index (κ2) is 7.34. The van der Waals surface area contributed by atoms with Crippen LogP contribution in [0.4, 0.5) is 0 Å². The molecule has 0 saturated carbocycles. The van der Waals surface area contributed by atoms with E-state index in [0.29, 0.717) is 25.6 Å². The van der Waals surface area contributed by atoms with Gasteiger partial charge in [0, 0.05) is 39.3 Å². The molecule has 0 spiro atoms. The van der Waals surface area contributed by atoms with Crippen molar-refractivity contribution in [2.24, 2.45) is 0 Å². The lowest BCUT2D eigenvalue weighted by Gasteiger charge is -2.39. The Morgan fingerprint density at radius 3 is 2.78 bits per heavy atom. The molecule has 1 heterocycles. The van der Waals surface area contributed by atoms with Crippen LogP contribution in [0.2, 0.25) is 0 Å². The van der Waals surface area contributed by atoms with Gasteiger partial charge in [-0.2, -0.15) is 5.26 Å². The molecule has 1 fully saturated rings. The quantitative estimate of drug-likeness (QED) is 0.710. The molecule has 0 aliphatic carbocycles. The summed E-state index contributed by atoms with van der Waals surface area (Å²) >= 11 is 0. The number of nitriles is 1. The number of likely N-dealkylation sites (N-methyl/N-ethyl adjacent to an activating group) is 2. The van der Waals surface area contributed by atoms with Gasteiger partial charge < -0.3 is 4.90 Å². The Hall–Kier alpha value is -1.12. The molecule has 1 aliphatic heterocycles. The molecule has 102 valence electrons. The lowest BCUT2D eigenvalue weighted by Crippen LogP contribution is -2.53. The van der Waals surface area contributed by atoms with E-state index in [1.807, 2.05) is 0 Å². The molecule has 0 aromatic heterocycles. The number of carbonyl (C=O) groups is 1. The molecule has 0 radical (unpaired) electrons. The highest BCUT2D eigenvalue weighted by Crippen LogP contribution is 2.08. The molecule has 1 atom stereocenters. The minimum atomic E-state index is 0.113. The molecule has 0 N–H and O–H groups in total. The van der Waals surface area contributed by atoms with Crippen LogP contribution in [0.5, 0.6) is 0 Å². The van der Waals surface area contributed by atoms with Gasteiger partial charge in [-0.1, -0.05) is 6.92 Å². The predicted octanol–water partition coefficient (Wildman–Crippen LogP) is 0.384. The molecular weight excluding hydrogens is 228 g/mol. The molecule has 5 nitrogen and oxygen atoms in total. The van der Waals surface area contributed by atoms with Crippen LogP contribution in [-0.2, 0) is 4.79 Å². The van der Waals surface area contributed by atoms with Gasteiger partial charge in [-0.25, -0.2) is 0 Å². The van der Waals surface area contributed by atoms with E-state index >= 15 is 0 Å². The van der Waals surface area contributed by atoms with E-state index in [1.165, 1.54) is 0 Å². The van der Waals surface area contributed by atoms with E-state index in [0.717, 1.165) is 26.2 Å². The number of nitrogens with zero attached hydrogens (tertiary/aromatic N) is 4. The van der Waals surface area contributed by atoms with Crippen LogP contribution in [0.15, 0.2) is 0 Å². The number of rotatable bonds is 5. The molecule has 18 heavy (non-hydrogen) atoms. The number of hydrogen-bond donors (Lipinski definition) is 0. The van der Waals surface area contributed by atoms with Crippen LogP contribution >= 0.6 is 0 Å². The minimum Gasteiger partial charge on any atom is -0.344 e. The van der Waals surface area contributed by atoms with Crippen LogP contribution in [0, 0.1) is 11.3 Å². The lowest BCUT2D eigenvalue weighted by molar-refractivity contribution is -0.131. The monoisotopic (exact) mass is 252 g/mol. The Morgan fingerprint density at radius 2 is 2.22 bits per heavy atom. The van der Waals surface area contributed by atoms with Crippen LogP contribution in [0.3, 0.4) is 0 Å². The van der Waals surface area contributed by atoms with E-state index in [-0.39, 0.29) is 5.91 Å². The first-order chi connectivity index (χ1) is 8.58. The van der Waals surface area contributed by atoms with E-state index in [4.69, 9.17) is 5.26 Å². The van der Waals surface area contributed by atoms with Gasteiger partial charge in [-0.05, 0) is 13.5 Å². The van der Waals surface area contributed by atoms with E-state index < -0.39 is 0 Å². The SMILES string of the molecule is CCN1CCN(CC(=O)N(C)CCC#N)CC1C. The second-order valence-corrected chi connectivity index (χ2v) is 4.94. The van der Waals surface area contributed by atoms with E-state index in [2.05, 4.69) is 29.7 Å². The molecular formula is C13H24N4O. The predicted molar refractivity (Wildman–Crippen MR) is 71.0 cm³/mol.